The topological polar surface area (TPSA) is 118 Å². The highest BCUT2D eigenvalue weighted by molar-refractivity contribution is 7.90. The highest BCUT2D eigenvalue weighted by Gasteiger charge is 2.22. The molecule has 9 heteroatoms. The number of hydrogen-bond donors (Lipinski definition) is 2. The first-order valence-corrected chi connectivity index (χ1v) is 10.3. The van der Waals surface area contributed by atoms with Gasteiger partial charge in [0.1, 0.15) is 4.90 Å². The van der Waals surface area contributed by atoms with Gasteiger partial charge in [-0.1, -0.05) is 45.9 Å². The van der Waals surface area contributed by atoms with Gasteiger partial charge in [0, 0.05) is 12.6 Å². The molecular weight excluding hydrogens is 380 g/mol. The number of rotatable bonds is 6. The first kappa shape index (κ1) is 21.5. The molecule has 150 valence electrons. The number of nitrogens with zero attached hydrogens (tertiary/aromatic N) is 2. The highest BCUT2D eigenvalue weighted by Crippen LogP contribution is 2.32. The average molecular weight is 404 g/mol. The Kier molecular flexibility index (Phi) is 6.50. The number of Topliss-reactive ketones (excluding diaryl/α,β-unsaturated/α-hetero) is 1. The van der Waals surface area contributed by atoms with Crippen LogP contribution in [0.3, 0.4) is 0 Å². The minimum atomic E-state index is -4.19. The second kappa shape index (κ2) is 8.47. The van der Waals surface area contributed by atoms with Crippen LogP contribution in [-0.4, -0.2) is 30.2 Å². The average Bonchev–Trinajstić information content (AvgIpc) is 2.61. The molecule has 2 N–H and O–H groups in total. The Bertz CT molecular complexity index is 957. The van der Waals surface area contributed by atoms with E-state index in [4.69, 9.17) is 0 Å². The minimum absolute atomic E-state index is 0.101. The van der Waals surface area contributed by atoms with Crippen molar-refractivity contribution in [3.8, 4) is 0 Å². The third-order valence-corrected chi connectivity index (χ3v) is 5.38. The molecule has 2 amide bonds. The van der Waals surface area contributed by atoms with Crippen LogP contribution in [0.5, 0.6) is 0 Å². The van der Waals surface area contributed by atoms with Gasteiger partial charge in [-0.15, -0.1) is 0 Å². The summed E-state index contributed by atoms with van der Waals surface area (Å²) in [7, 11) is -4.19. The van der Waals surface area contributed by atoms with Gasteiger partial charge in [0.25, 0.3) is 10.0 Å². The van der Waals surface area contributed by atoms with E-state index in [9.17, 15) is 18.0 Å². The van der Waals surface area contributed by atoms with E-state index in [1.54, 1.807) is 0 Å². The van der Waals surface area contributed by atoms with Gasteiger partial charge < -0.3 is 5.32 Å². The Hall–Kier alpha value is -2.81. The largest absolute Gasteiger partial charge is 0.333 e. The number of nitrogens with one attached hydrogen (secondary N) is 2. The van der Waals surface area contributed by atoms with Crippen molar-refractivity contribution in [2.45, 2.75) is 51.3 Å². The molecule has 0 aliphatic carbocycles. The van der Waals surface area contributed by atoms with Crippen LogP contribution < -0.4 is 10.0 Å². The van der Waals surface area contributed by atoms with Crippen LogP contribution in [0.2, 0.25) is 0 Å². The molecule has 0 unspecified atom stereocenters. The van der Waals surface area contributed by atoms with Gasteiger partial charge in [0.05, 0.1) is 12.4 Å². The molecule has 2 rings (SSSR count). The fourth-order valence-electron chi connectivity index (χ4n) is 2.65. The molecule has 8 nitrogen and oxygen atoms in total. The fourth-order valence-corrected chi connectivity index (χ4v) is 3.45. The molecule has 0 fully saturated rings. The Morgan fingerprint density at radius 2 is 1.46 bits per heavy atom. The van der Waals surface area contributed by atoms with Crippen molar-refractivity contribution in [1.29, 1.82) is 0 Å². The summed E-state index contributed by atoms with van der Waals surface area (Å²) in [5, 5.41) is 2.67. The van der Waals surface area contributed by atoms with Crippen molar-refractivity contribution in [1.82, 2.24) is 14.7 Å². The molecule has 2 aromatic rings. The third-order valence-electron chi connectivity index (χ3n) is 4.09. The summed E-state index contributed by atoms with van der Waals surface area (Å²) in [4.78, 5) is 30.7. The molecule has 0 aliphatic rings. The van der Waals surface area contributed by atoms with E-state index in [2.05, 4.69) is 15.3 Å². The summed E-state index contributed by atoms with van der Waals surface area (Å²) < 4.78 is 26.8. The molecule has 1 aromatic carbocycles. The second-order valence-electron chi connectivity index (χ2n) is 6.98. The van der Waals surface area contributed by atoms with Crippen LogP contribution in [0.4, 0.5) is 10.5 Å². The predicted octanol–water partition coefficient (Wildman–Crippen LogP) is 3.44. The Balaban J connectivity index is 2.27. The standard InChI is InChI=1S/C19H24N4O4S/c1-11(2)15-7-6-8-16(12(3)4)17(15)22-19(25)23-28(26,27)14-9-20-18(13(5)24)21-10-14/h6-12H,1-5H3,(H2,22,23,25). The van der Waals surface area contributed by atoms with Crippen molar-refractivity contribution in [3.05, 3.63) is 47.5 Å². The van der Waals surface area contributed by atoms with Crippen molar-refractivity contribution in [2.75, 3.05) is 5.32 Å². The van der Waals surface area contributed by atoms with Gasteiger partial charge >= 0.3 is 6.03 Å². The van der Waals surface area contributed by atoms with Crippen LogP contribution in [0, 0.1) is 0 Å². The Morgan fingerprint density at radius 3 is 1.89 bits per heavy atom. The number of benzene rings is 1. The summed E-state index contributed by atoms with van der Waals surface area (Å²) in [6, 6.07) is 4.83. The normalized spacial score (nSPS) is 11.5. The van der Waals surface area contributed by atoms with E-state index in [0.717, 1.165) is 23.5 Å². The number of carbonyl (C=O) groups is 2. The predicted molar refractivity (Wildman–Crippen MR) is 106 cm³/mol. The van der Waals surface area contributed by atoms with Gasteiger partial charge in [-0.05, 0) is 23.0 Å². The summed E-state index contributed by atoms with van der Waals surface area (Å²) in [5.74, 6) is -0.215. The van der Waals surface area contributed by atoms with Crippen LogP contribution in [-0.2, 0) is 10.0 Å². The molecule has 0 radical (unpaired) electrons. The number of para-hydroxylation sites is 1. The van der Waals surface area contributed by atoms with E-state index in [-0.39, 0.29) is 28.3 Å². The highest BCUT2D eigenvalue weighted by atomic mass is 32.2. The van der Waals surface area contributed by atoms with E-state index >= 15 is 0 Å². The number of sulfonamides is 1. The zero-order chi connectivity index (χ0) is 21.1. The second-order valence-corrected chi connectivity index (χ2v) is 8.66. The number of aromatic nitrogens is 2. The molecule has 1 heterocycles. The van der Waals surface area contributed by atoms with E-state index in [1.807, 2.05) is 50.6 Å². The van der Waals surface area contributed by atoms with Crippen molar-refractivity contribution in [3.63, 3.8) is 0 Å². The van der Waals surface area contributed by atoms with Crippen LogP contribution in [0.25, 0.3) is 0 Å². The Labute approximate surface area is 164 Å². The summed E-state index contributed by atoms with van der Waals surface area (Å²) in [5.41, 5.74) is 2.42. The monoisotopic (exact) mass is 404 g/mol. The molecule has 28 heavy (non-hydrogen) atoms. The quantitative estimate of drug-likeness (QED) is 0.712. The van der Waals surface area contributed by atoms with E-state index < -0.39 is 16.1 Å². The number of ketones is 1. The molecule has 0 saturated carbocycles. The van der Waals surface area contributed by atoms with Crippen LogP contribution in [0.15, 0.2) is 35.5 Å². The zero-order valence-corrected chi connectivity index (χ0v) is 17.3. The number of urea groups is 1. The smallest absolute Gasteiger partial charge is 0.307 e. The lowest BCUT2D eigenvalue weighted by molar-refractivity contribution is 0.100. The third kappa shape index (κ3) is 4.92. The fraction of sp³-hybridized carbons (Fsp3) is 0.368. The van der Waals surface area contributed by atoms with Crippen molar-refractivity contribution < 1.29 is 18.0 Å². The number of hydrogen-bond acceptors (Lipinski definition) is 6. The molecule has 0 bridgehead atoms. The number of amides is 2. The summed E-state index contributed by atoms with van der Waals surface area (Å²) >= 11 is 0. The molecule has 0 spiro atoms. The molecule has 1 aromatic heterocycles. The van der Waals surface area contributed by atoms with Gasteiger partial charge in [-0.2, -0.15) is 0 Å². The lowest BCUT2D eigenvalue weighted by Crippen LogP contribution is -2.35. The van der Waals surface area contributed by atoms with Crippen molar-refractivity contribution >= 4 is 27.5 Å². The molecular formula is C19H24N4O4S. The molecule has 0 aliphatic heterocycles. The SMILES string of the molecule is CC(=O)c1ncc(S(=O)(=O)NC(=O)Nc2c(C(C)C)cccc2C(C)C)cn1. The lowest BCUT2D eigenvalue weighted by Gasteiger charge is -2.20. The zero-order valence-electron chi connectivity index (χ0n) is 16.5. The number of carbonyl (C=O) groups excluding carboxylic acids is 2. The number of anilines is 1. The maximum absolute atomic E-state index is 12.4. The first-order chi connectivity index (χ1) is 13.0. The van der Waals surface area contributed by atoms with Gasteiger partial charge in [-0.3, -0.25) is 4.79 Å². The Morgan fingerprint density at radius 1 is 0.964 bits per heavy atom. The molecule has 0 saturated heterocycles. The molecule has 0 atom stereocenters. The van der Waals surface area contributed by atoms with E-state index in [0.29, 0.717) is 5.69 Å². The van der Waals surface area contributed by atoms with Gasteiger partial charge in [-0.25, -0.2) is 27.9 Å². The van der Waals surface area contributed by atoms with Crippen molar-refractivity contribution in [2.24, 2.45) is 0 Å². The lowest BCUT2D eigenvalue weighted by atomic mass is 9.93. The minimum Gasteiger partial charge on any atom is -0.307 e. The van der Waals surface area contributed by atoms with Gasteiger partial charge in [0.15, 0.2) is 11.6 Å². The van der Waals surface area contributed by atoms with Crippen LogP contribution >= 0.6 is 0 Å². The van der Waals surface area contributed by atoms with Crippen LogP contribution in [0.1, 0.15) is 68.2 Å². The van der Waals surface area contributed by atoms with E-state index in [1.165, 1.54) is 6.92 Å². The maximum atomic E-state index is 12.4. The summed E-state index contributed by atoms with van der Waals surface area (Å²) in [6.45, 7) is 9.24. The van der Waals surface area contributed by atoms with Gasteiger partial charge in [0.2, 0.25) is 0 Å². The maximum Gasteiger partial charge on any atom is 0.333 e. The summed E-state index contributed by atoms with van der Waals surface area (Å²) in [6.07, 6.45) is 1.97. The first-order valence-electron chi connectivity index (χ1n) is 8.82.